The number of nitrogens with zero attached hydrogens (tertiary/aromatic N) is 4. The number of amides is 2. The van der Waals surface area contributed by atoms with E-state index in [0.29, 0.717) is 86.2 Å². The molecule has 0 saturated carbocycles. The number of hydrogen-bond acceptors (Lipinski definition) is 12. The minimum Gasteiger partial charge on any atom is -0.494 e. The molecule has 4 aliphatic rings. The first kappa shape index (κ1) is 67.0. The molecule has 0 radical (unpaired) electrons. The van der Waals surface area contributed by atoms with Crippen LogP contribution in [0.5, 0.6) is 11.5 Å². The zero-order valence-electron chi connectivity index (χ0n) is 43.3. The molecule has 29 heteroatoms. The van der Waals surface area contributed by atoms with Crippen molar-refractivity contribution in [3.05, 3.63) is 57.6 Å². The van der Waals surface area contributed by atoms with Gasteiger partial charge in [0.15, 0.2) is 0 Å². The third-order valence-electron chi connectivity index (χ3n) is 13.6. The van der Waals surface area contributed by atoms with Crippen molar-refractivity contribution < 1.29 is 100 Å². The summed E-state index contributed by atoms with van der Waals surface area (Å²) in [4.78, 5) is 52.6. The summed E-state index contributed by atoms with van der Waals surface area (Å²) in [5.41, 5.74) is 0.463. The minimum atomic E-state index is -5.76. The molecule has 2 aromatic rings. The molecule has 4 heterocycles. The first-order valence-corrected chi connectivity index (χ1v) is 25.8. The summed E-state index contributed by atoms with van der Waals surface area (Å²) in [6.07, 6.45) is -28.7. The standard InChI is InChI=1S/C27H35ClF6N2O5.C23H27ClF6N2O5.ClH/c1-24(2,3)41-21(37)6-4-13-39-20-15-18(14-19(28)16-20)17-36-10-5-7-25(36)8-11-35(12-9-25)23(38)40-22(26(29,30)31)27(32,33)34;24-17-11-16(12-18(13-17)36-10-2-9-35-15-33)14-32-6-1-3-21(32)4-7-31(8-5-21)20(34)37-19(22(25,26)27)23(28,29)30;/h14-16,22H,4-13,17H2,1-3H3;11-13,15,19H,1-10,14H2;1H. The molecule has 448 valence electrons. The number of rotatable bonds is 17. The summed E-state index contributed by atoms with van der Waals surface area (Å²) in [6, 6.07) is 10.6. The van der Waals surface area contributed by atoms with E-state index in [1.807, 2.05) is 12.1 Å². The molecule has 0 bridgehead atoms. The van der Waals surface area contributed by atoms with Crippen LogP contribution in [0.2, 0.25) is 10.0 Å². The molecule has 0 N–H and O–H groups in total. The molecule has 79 heavy (non-hydrogen) atoms. The SMILES string of the molecule is CC(C)(C)OC(=O)CCCOc1cc(Cl)cc(CN2CCCC23CCN(C(=O)OC(C(F)(F)F)C(F)(F)F)CC3)c1.Cl.O=COCCCOc1cc(Cl)cc(CN2CCCC23CCN(C(=O)OC(C(F)(F)F)C(F)(F)F)CC3)c1. The molecule has 4 saturated heterocycles. The maximum absolute atomic E-state index is 12.8. The molecule has 2 spiro atoms. The van der Waals surface area contributed by atoms with Gasteiger partial charge < -0.3 is 38.2 Å². The molecule has 6 rings (SSSR count). The molecule has 4 aliphatic heterocycles. The lowest BCUT2D eigenvalue weighted by molar-refractivity contribution is -0.309. The van der Waals surface area contributed by atoms with Crippen molar-refractivity contribution in [2.45, 2.75) is 158 Å². The van der Waals surface area contributed by atoms with Gasteiger partial charge in [-0.1, -0.05) is 23.2 Å². The third kappa shape index (κ3) is 20.2. The van der Waals surface area contributed by atoms with Gasteiger partial charge in [-0.05, 0) is 139 Å². The van der Waals surface area contributed by atoms with E-state index in [1.54, 1.807) is 45.0 Å². The quantitative estimate of drug-likeness (QED) is 0.0490. The fraction of sp³-hybridized carbons (Fsp3) is 0.680. The number of esters is 1. The van der Waals surface area contributed by atoms with E-state index in [1.165, 1.54) is 0 Å². The number of carbonyl (C=O) groups is 4. The summed E-state index contributed by atoms with van der Waals surface area (Å²) >= 11 is 12.6. The van der Waals surface area contributed by atoms with Crippen LogP contribution in [0.3, 0.4) is 0 Å². The predicted molar refractivity (Wildman–Crippen MR) is 264 cm³/mol. The first-order valence-electron chi connectivity index (χ1n) is 25.0. The van der Waals surface area contributed by atoms with Gasteiger partial charge in [0.1, 0.15) is 17.1 Å². The van der Waals surface area contributed by atoms with Crippen LogP contribution in [-0.4, -0.2) is 157 Å². The highest BCUT2D eigenvalue weighted by Crippen LogP contribution is 2.43. The monoisotopic (exact) mass is 1210 g/mol. The summed E-state index contributed by atoms with van der Waals surface area (Å²) < 4.78 is 183. The first-order chi connectivity index (χ1) is 36.2. The molecule has 0 aromatic heterocycles. The van der Waals surface area contributed by atoms with Crippen molar-refractivity contribution in [2.24, 2.45) is 0 Å². The van der Waals surface area contributed by atoms with E-state index in [-0.39, 0.29) is 75.3 Å². The van der Waals surface area contributed by atoms with E-state index in [0.717, 1.165) is 59.7 Å². The Bertz CT molecular complexity index is 2300. The van der Waals surface area contributed by atoms with Crippen molar-refractivity contribution in [1.82, 2.24) is 19.6 Å². The van der Waals surface area contributed by atoms with E-state index in [2.05, 4.69) is 24.0 Å². The van der Waals surface area contributed by atoms with Crippen molar-refractivity contribution in [2.75, 3.05) is 59.1 Å². The summed E-state index contributed by atoms with van der Waals surface area (Å²) in [7, 11) is 0. The fourth-order valence-corrected chi connectivity index (χ4v) is 10.5. The van der Waals surface area contributed by atoms with Gasteiger partial charge in [-0.25, -0.2) is 9.59 Å². The topological polar surface area (TPSA) is 137 Å². The van der Waals surface area contributed by atoms with Crippen LogP contribution in [0, 0.1) is 0 Å². The van der Waals surface area contributed by atoms with Gasteiger partial charge >= 0.3 is 42.9 Å². The van der Waals surface area contributed by atoms with Gasteiger partial charge in [0, 0.05) is 73.2 Å². The smallest absolute Gasteiger partial charge is 0.434 e. The van der Waals surface area contributed by atoms with E-state index < -0.39 is 54.7 Å². The Labute approximate surface area is 464 Å². The van der Waals surface area contributed by atoms with Crippen LogP contribution in [0.25, 0.3) is 0 Å². The number of hydrogen-bond donors (Lipinski definition) is 0. The lowest BCUT2D eigenvalue weighted by atomic mass is 9.85. The van der Waals surface area contributed by atoms with Gasteiger partial charge in [0.05, 0.1) is 19.8 Å². The molecule has 0 aliphatic carbocycles. The van der Waals surface area contributed by atoms with Crippen molar-refractivity contribution in [3.63, 3.8) is 0 Å². The Morgan fingerprint density at radius 2 is 0.949 bits per heavy atom. The van der Waals surface area contributed by atoms with E-state index in [4.69, 9.17) is 37.4 Å². The Morgan fingerprint density at radius 3 is 1.30 bits per heavy atom. The van der Waals surface area contributed by atoms with Crippen LogP contribution in [-0.2, 0) is 41.6 Å². The Kier molecular flexibility index (Phi) is 23.7. The van der Waals surface area contributed by atoms with E-state index in [9.17, 15) is 71.9 Å². The van der Waals surface area contributed by atoms with Gasteiger partial charge in [-0.3, -0.25) is 19.4 Å². The Morgan fingerprint density at radius 1 is 0.570 bits per heavy atom. The second kappa shape index (κ2) is 28.0. The highest BCUT2D eigenvalue weighted by molar-refractivity contribution is 6.31. The van der Waals surface area contributed by atoms with Crippen LogP contribution in [0.1, 0.15) is 103 Å². The lowest BCUT2D eigenvalue weighted by Gasteiger charge is -2.45. The second-order valence-corrected chi connectivity index (χ2v) is 21.3. The minimum absolute atomic E-state index is 0. The molecule has 14 nitrogen and oxygen atoms in total. The predicted octanol–water partition coefficient (Wildman–Crippen LogP) is 12.7. The molecule has 2 aromatic carbocycles. The molecular weight excluding hydrogens is 1150 g/mol. The number of halogens is 15. The highest BCUT2D eigenvalue weighted by Gasteiger charge is 2.61. The van der Waals surface area contributed by atoms with Crippen LogP contribution in [0.15, 0.2) is 36.4 Å². The zero-order valence-corrected chi connectivity index (χ0v) is 45.7. The zero-order chi connectivity index (χ0) is 57.9. The van der Waals surface area contributed by atoms with Crippen molar-refractivity contribution in [3.8, 4) is 11.5 Å². The summed E-state index contributed by atoms with van der Waals surface area (Å²) in [6.45, 7) is 8.92. The molecular formula is C50H63Cl3F12N4O10. The number of alkyl halides is 12. The second-order valence-electron chi connectivity index (χ2n) is 20.5. The molecule has 0 atom stereocenters. The number of ether oxygens (including phenoxy) is 6. The third-order valence-corrected chi connectivity index (χ3v) is 14.0. The number of likely N-dealkylation sites (tertiary alicyclic amines) is 4. The van der Waals surface area contributed by atoms with Gasteiger partial charge in [0.25, 0.3) is 18.7 Å². The molecule has 4 fully saturated rings. The molecule has 2 amide bonds. The van der Waals surface area contributed by atoms with Gasteiger partial charge in [-0.15, -0.1) is 12.4 Å². The Hall–Kier alpha value is -4.53. The van der Waals surface area contributed by atoms with Crippen molar-refractivity contribution in [1.29, 1.82) is 0 Å². The van der Waals surface area contributed by atoms with Gasteiger partial charge in [-0.2, -0.15) is 52.7 Å². The maximum atomic E-state index is 12.8. The van der Waals surface area contributed by atoms with Gasteiger partial charge in [0.2, 0.25) is 0 Å². The van der Waals surface area contributed by atoms with Crippen molar-refractivity contribution >= 4 is 60.2 Å². The number of benzene rings is 2. The Balaban J connectivity index is 0.000000338. The maximum Gasteiger partial charge on any atom is 0.434 e. The number of piperidine rings is 2. The van der Waals surface area contributed by atoms with Crippen LogP contribution < -0.4 is 9.47 Å². The van der Waals surface area contributed by atoms with Crippen LogP contribution >= 0.6 is 35.6 Å². The van der Waals surface area contributed by atoms with Crippen LogP contribution in [0.4, 0.5) is 62.3 Å². The average Bonchev–Trinajstić information content (AvgIpc) is 3.91. The normalized spacial score (nSPS) is 18.0. The number of carbonyl (C=O) groups excluding carboxylic acids is 4. The summed E-state index contributed by atoms with van der Waals surface area (Å²) in [5, 5.41) is 0.922. The fourth-order valence-electron chi connectivity index (χ4n) is 10.0. The lowest BCUT2D eigenvalue weighted by Crippen LogP contribution is -2.54. The average molecular weight is 1210 g/mol. The highest BCUT2D eigenvalue weighted by atomic mass is 35.5. The molecule has 0 unspecified atom stereocenters. The van der Waals surface area contributed by atoms with E-state index >= 15 is 0 Å². The largest absolute Gasteiger partial charge is 0.494 e. The summed E-state index contributed by atoms with van der Waals surface area (Å²) in [5.74, 6) is 0.765.